The molecule has 3 aromatic rings. The maximum atomic E-state index is 15.6. The van der Waals surface area contributed by atoms with Gasteiger partial charge in [0.15, 0.2) is 0 Å². The molecule has 4 rings (SSSR count). The number of alkyl halides is 3. The number of benzene rings is 1. The van der Waals surface area contributed by atoms with Crippen molar-refractivity contribution in [2.45, 2.75) is 32.1 Å². The normalized spacial score (nSPS) is 17.4. The molecule has 0 spiro atoms. The van der Waals surface area contributed by atoms with Gasteiger partial charge in [-0.2, -0.15) is 13.2 Å². The quantitative estimate of drug-likeness (QED) is 0.449. The van der Waals surface area contributed by atoms with Gasteiger partial charge in [-0.1, -0.05) is 0 Å². The molecule has 1 aromatic carbocycles. The van der Waals surface area contributed by atoms with Crippen LogP contribution in [-0.2, 0) is 10.9 Å². The van der Waals surface area contributed by atoms with Gasteiger partial charge >= 0.3 is 6.18 Å². The van der Waals surface area contributed by atoms with Crippen molar-refractivity contribution < 1.29 is 31.8 Å². The van der Waals surface area contributed by atoms with Gasteiger partial charge in [-0.3, -0.25) is 9.69 Å². The van der Waals surface area contributed by atoms with E-state index >= 15 is 4.39 Å². The number of likely N-dealkylation sites (N-methyl/N-ethyl adjacent to an activating group) is 1. The van der Waals surface area contributed by atoms with E-state index in [4.69, 9.17) is 9.47 Å². The minimum atomic E-state index is -4.68. The highest BCUT2D eigenvalue weighted by atomic mass is 32.1. The number of hydrogen-bond donors (Lipinski definition) is 1. The lowest BCUT2D eigenvalue weighted by Gasteiger charge is -2.32. The SMILES string of the molecule is Cc1cnc(-c2cc(OCC3COCCN3C)cc(C(=O)N[C@H](C)c3cnc(C(F)(F)F)nc3)c2F)s1. The smallest absolute Gasteiger partial charge is 0.451 e. The van der Waals surface area contributed by atoms with Gasteiger partial charge < -0.3 is 14.8 Å². The van der Waals surface area contributed by atoms with Crippen LogP contribution in [0, 0.1) is 12.7 Å². The van der Waals surface area contributed by atoms with Crippen molar-refractivity contribution in [2.75, 3.05) is 33.4 Å². The number of amides is 1. The molecular weight excluding hydrogens is 514 g/mol. The zero-order valence-electron chi connectivity index (χ0n) is 20.3. The van der Waals surface area contributed by atoms with Crippen LogP contribution in [0.2, 0.25) is 0 Å². The molecular formula is C24H25F4N5O3S. The summed E-state index contributed by atoms with van der Waals surface area (Å²) in [5, 5.41) is 2.98. The van der Waals surface area contributed by atoms with E-state index < -0.39 is 29.8 Å². The summed E-state index contributed by atoms with van der Waals surface area (Å²) in [6, 6.07) is 1.99. The molecule has 2 aromatic heterocycles. The molecule has 1 aliphatic heterocycles. The van der Waals surface area contributed by atoms with Crippen LogP contribution in [0.25, 0.3) is 10.6 Å². The average molecular weight is 540 g/mol. The number of nitrogens with zero attached hydrogens (tertiary/aromatic N) is 4. The van der Waals surface area contributed by atoms with Crippen molar-refractivity contribution in [3.8, 4) is 16.3 Å². The molecule has 2 atom stereocenters. The molecule has 1 aliphatic rings. The van der Waals surface area contributed by atoms with Crippen LogP contribution < -0.4 is 10.1 Å². The summed E-state index contributed by atoms with van der Waals surface area (Å²) < 4.78 is 65.3. The molecule has 0 radical (unpaired) electrons. The topological polar surface area (TPSA) is 89.5 Å². The summed E-state index contributed by atoms with van der Waals surface area (Å²) in [5.74, 6) is -2.57. The van der Waals surface area contributed by atoms with E-state index in [-0.39, 0.29) is 35.1 Å². The van der Waals surface area contributed by atoms with E-state index in [1.807, 2.05) is 14.0 Å². The van der Waals surface area contributed by atoms with Gasteiger partial charge in [-0.15, -0.1) is 11.3 Å². The first-order valence-electron chi connectivity index (χ1n) is 11.4. The number of nitrogens with one attached hydrogen (secondary N) is 1. The highest BCUT2D eigenvalue weighted by Crippen LogP contribution is 2.33. The standard InChI is InChI=1S/C24H25F4N5O3S/c1-13-8-29-22(37-13)19-7-17(36-12-16-11-35-5-4-33(16)3)6-18(20(19)25)21(34)32-14(2)15-9-30-23(31-10-15)24(26,27)28/h6-10,14,16H,4-5,11-12H2,1-3H3,(H,32,34)/t14-,16?/m1/s1. The Morgan fingerprint density at radius 1 is 1.27 bits per heavy atom. The summed E-state index contributed by atoms with van der Waals surface area (Å²) in [6.45, 7) is 5.49. The Kier molecular flexibility index (Phi) is 8.05. The Labute approximate surface area is 214 Å². The summed E-state index contributed by atoms with van der Waals surface area (Å²) in [5.41, 5.74) is 0.0538. The highest BCUT2D eigenvalue weighted by molar-refractivity contribution is 7.14. The van der Waals surface area contributed by atoms with E-state index in [0.29, 0.717) is 18.2 Å². The van der Waals surface area contributed by atoms with E-state index in [1.54, 1.807) is 6.20 Å². The van der Waals surface area contributed by atoms with Gasteiger partial charge in [0.05, 0.1) is 36.4 Å². The lowest BCUT2D eigenvalue weighted by Crippen LogP contribution is -2.46. The van der Waals surface area contributed by atoms with Crippen LogP contribution >= 0.6 is 11.3 Å². The van der Waals surface area contributed by atoms with E-state index in [2.05, 4.69) is 25.2 Å². The molecule has 198 valence electrons. The molecule has 0 bridgehead atoms. The van der Waals surface area contributed by atoms with Crippen molar-refractivity contribution in [3.63, 3.8) is 0 Å². The van der Waals surface area contributed by atoms with Crippen LogP contribution in [0.4, 0.5) is 17.6 Å². The van der Waals surface area contributed by atoms with Crippen LogP contribution in [0.3, 0.4) is 0 Å². The third kappa shape index (κ3) is 6.40. The van der Waals surface area contributed by atoms with E-state index in [0.717, 1.165) is 23.8 Å². The third-order valence-corrected chi connectivity index (χ3v) is 6.83. The van der Waals surface area contributed by atoms with Gasteiger partial charge in [0, 0.05) is 35.6 Å². The first-order chi connectivity index (χ1) is 17.5. The average Bonchev–Trinajstić information content (AvgIpc) is 3.29. The zero-order chi connectivity index (χ0) is 26.7. The lowest BCUT2D eigenvalue weighted by molar-refractivity contribution is -0.145. The highest BCUT2D eigenvalue weighted by Gasteiger charge is 2.34. The second kappa shape index (κ2) is 11.1. The summed E-state index contributed by atoms with van der Waals surface area (Å²) in [7, 11) is 1.95. The number of aromatic nitrogens is 3. The Bertz CT molecular complexity index is 1250. The monoisotopic (exact) mass is 539 g/mol. The van der Waals surface area contributed by atoms with Crippen LogP contribution in [-0.4, -0.2) is 65.2 Å². The third-order valence-electron chi connectivity index (χ3n) is 5.88. The summed E-state index contributed by atoms with van der Waals surface area (Å²) in [4.78, 5) is 26.9. The minimum Gasteiger partial charge on any atom is -0.492 e. The maximum Gasteiger partial charge on any atom is 0.451 e. The number of rotatable bonds is 7. The van der Waals surface area contributed by atoms with Crippen molar-refractivity contribution in [3.05, 3.63) is 58.4 Å². The molecule has 3 heterocycles. The Hall–Kier alpha value is -3.16. The number of aryl methyl sites for hydroxylation is 1. The predicted molar refractivity (Wildman–Crippen MR) is 128 cm³/mol. The second-order valence-electron chi connectivity index (χ2n) is 8.66. The van der Waals surface area contributed by atoms with Crippen molar-refractivity contribution in [2.24, 2.45) is 0 Å². The van der Waals surface area contributed by atoms with Crippen molar-refractivity contribution in [1.29, 1.82) is 0 Å². The maximum absolute atomic E-state index is 15.6. The second-order valence-corrected chi connectivity index (χ2v) is 9.90. The molecule has 13 heteroatoms. The number of halogens is 4. The molecule has 1 N–H and O–H groups in total. The van der Waals surface area contributed by atoms with Crippen molar-refractivity contribution in [1.82, 2.24) is 25.2 Å². The number of carbonyl (C=O) groups is 1. The number of hydrogen-bond acceptors (Lipinski definition) is 8. The van der Waals surface area contributed by atoms with Crippen molar-refractivity contribution >= 4 is 17.2 Å². The number of morpholine rings is 1. The predicted octanol–water partition coefficient (Wildman–Crippen LogP) is 4.27. The fraction of sp³-hybridized carbons (Fsp3) is 0.417. The van der Waals surface area contributed by atoms with Gasteiger partial charge in [0.25, 0.3) is 5.91 Å². The van der Waals surface area contributed by atoms with Gasteiger partial charge in [-0.25, -0.2) is 19.3 Å². The first kappa shape index (κ1) is 26.9. The molecule has 0 saturated carbocycles. The van der Waals surface area contributed by atoms with Crippen LogP contribution in [0.15, 0.2) is 30.7 Å². The summed E-state index contributed by atoms with van der Waals surface area (Å²) >= 11 is 1.27. The lowest BCUT2D eigenvalue weighted by atomic mass is 10.1. The summed E-state index contributed by atoms with van der Waals surface area (Å²) in [6.07, 6.45) is -1.13. The Morgan fingerprint density at radius 3 is 2.62 bits per heavy atom. The molecule has 8 nitrogen and oxygen atoms in total. The Morgan fingerprint density at radius 2 is 2.00 bits per heavy atom. The minimum absolute atomic E-state index is 0.0127. The molecule has 1 saturated heterocycles. The van der Waals surface area contributed by atoms with Gasteiger partial charge in [-0.05, 0) is 33.0 Å². The fourth-order valence-corrected chi connectivity index (χ4v) is 4.43. The number of thiazole rings is 1. The largest absolute Gasteiger partial charge is 0.492 e. The molecule has 1 amide bonds. The van der Waals surface area contributed by atoms with E-state index in [9.17, 15) is 18.0 Å². The molecule has 1 fully saturated rings. The van der Waals surface area contributed by atoms with E-state index in [1.165, 1.54) is 30.4 Å². The molecule has 0 aliphatic carbocycles. The molecule has 1 unspecified atom stereocenters. The van der Waals surface area contributed by atoms with Gasteiger partial charge in [0.2, 0.25) is 5.82 Å². The van der Waals surface area contributed by atoms with Gasteiger partial charge in [0.1, 0.15) is 23.2 Å². The Balaban J connectivity index is 1.58. The van der Waals surface area contributed by atoms with Crippen LogP contribution in [0.1, 0.15) is 39.6 Å². The fourth-order valence-electron chi connectivity index (χ4n) is 3.65. The molecule has 37 heavy (non-hydrogen) atoms. The number of carbonyl (C=O) groups excluding carboxylic acids is 1. The zero-order valence-corrected chi connectivity index (χ0v) is 21.1. The van der Waals surface area contributed by atoms with Crippen LogP contribution in [0.5, 0.6) is 5.75 Å². The first-order valence-corrected chi connectivity index (χ1v) is 12.2. The number of ether oxygens (including phenoxy) is 2.